The molecule has 7 heteroatoms. The number of carbonyl (C=O) groups excluding carboxylic acids is 2. The predicted molar refractivity (Wildman–Crippen MR) is 87.8 cm³/mol. The number of hydrogen-bond donors (Lipinski definition) is 2. The molecule has 23 heavy (non-hydrogen) atoms. The molecule has 132 valence electrons. The molecule has 3 N–H and O–H groups in total. The van der Waals surface area contributed by atoms with Crippen LogP contribution in [-0.4, -0.2) is 80.1 Å². The van der Waals surface area contributed by atoms with Crippen LogP contribution in [0.5, 0.6) is 0 Å². The molecule has 2 saturated heterocycles. The summed E-state index contributed by atoms with van der Waals surface area (Å²) in [6.07, 6.45) is 1.03. The molecular formula is C16H30N4O3. The van der Waals surface area contributed by atoms with Gasteiger partial charge in [0.2, 0.25) is 11.8 Å². The van der Waals surface area contributed by atoms with Crippen LogP contribution in [0, 0.1) is 11.8 Å². The van der Waals surface area contributed by atoms with Gasteiger partial charge in [0.1, 0.15) is 0 Å². The van der Waals surface area contributed by atoms with Crippen LogP contribution in [-0.2, 0) is 14.3 Å². The maximum atomic E-state index is 12.2. The fourth-order valence-electron chi connectivity index (χ4n) is 3.05. The van der Waals surface area contributed by atoms with E-state index >= 15 is 0 Å². The van der Waals surface area contributed by atoms with Gasteiger partial charge in [0, 0.05) is 32.7 Å². The van der Waals surface area contributed by atoms with Gasteiger partial charge in [-0.3, -0.25) is 14.5 Å². The highest BCUT2D eigenvalue weighted by Gasteiger charge is 2.28. The van der Waals surface area contributed by atoms with E-state index < -0.39 is 6.04 Å². The standard InChI is InChI=1S/C16H30N4O3/c1-12(2)15(17)16(22)18-9-14(21)20-4-3-13(11-20)10-19-5-7-23-8-6-19/h12-13,15H,3-11,17H2,1-2H3,(H,18,22)/t13?,15-/m0/s1. The first-order valence-corrected chi connectivity index (χ1v) is 8.58. The Bertz CT molecular complexity index is 410. The molecule has 0 radical (unpaired) electrons. The number of likely N-dealkylation sites (tertiary alicyclic amines) is 1. The molecule has 0 aromatic carbocycles. The monoisotopic (exact) mass is 326 g/mol. The Labute approximate surface area is 138 Å². The van der Waals surface area contributed by atoms with Crippen LogP contribution < -0.4 is 11.1 Å². The highest BCUT2D eigenvalue weighted by atomic mass is 16.5. The average molecular weight is 326 g/mol. The van der Waals surface area contributed by atoms with Crippen molar-refractivity contribution in [3.05, 3.63) is 0 Å². The van der Waals surface area contributed by atoms with E-state index in [0.29, 0.717) is 5.92 Å². The van der Waals surface area contributed by atoms with E-state index in [4.69, 9.17) is 10.5 Å². The van der Waals surface area contributed by atoms with Crippen molar-refractivity contribution in [1.82, 2.24) is 15.1 Å². The predicted octanol–water partition coefficient (Wildman–Crippen LogP) is -0.733. The van der Waals surface area contributed by atoms with Gasteiger partial charge in [-0.05, 0) is 18.3 Å². The fourth-order valence-corrected chi connectivity index (χ4v) is 3.05. The Morgan fingerprint density at radius 2 is 1.96 bits per heavy atom. The molecule has 2 amide bonds. The van der Waals surface area contributed by atoms with E-state index in [-0.39, 0.29) is 24.3 Å². The highest BCUT2D eigenvalue weighted by molar-refractivity contribution is 5.87. The summed E-state index contributed by atoms with van der Waals surface area (Å²) < 4.78 is 5.36. The van der Waals surface area contributed by atoms with Crippen molar-refractivity contribution in [1.29, 1.82) is 0 Å². The molecule has 0 spiro atoms. The second kappa shape index (κ2) is 8.61. The first kappa shape index (κ1) is 18.2. The van der Waals surface area contributed by atoms with Crippen LogP contribution in [0.15, 0.2) is 0 Å². The molecule has 1 unspecified atom stereocenters. The number of morpholine rings is 1. The van der Waals surface area contributed by atoms with Gasteiger partial charge < -0.3 is 20.7 Å². The lowest BCUT2D eigenvalue weighted by atomic mass is 10.1. The zero-order valence-electron chi connectivity index (χ0n) is 14.3. The van der Waals surface area contributed by atoms with Crippen LogP contribution >= 0.6 is 0 Å². The first-order chi connectivity index (χ1) is 11.0. The molecular weight excluding hydrogens is 296 g/mol. The minimum Gasteiger partial charge on any atom is -0.379 e. The van der Waals surface area contributed by atoms with Crippen molar-refractivity contribution in [2.75, 3.05) is 52.5 Å². The van der Waals surface area contributed by atoms with Crippen molar-refractivity contribution in [2.24, 2.45) is 17.6 Å². The Morgan fingerprint density at radius 3 is 2.61 bits per heavy atom. The van der Waals surface area contributed by atoms with Gasteiger partial charge >= 0.3 is 0 Å². The summed E-state index contributed by atoms with van der Waals surface area (Å²) in [6.45, 7) is 9.98. The van der Waals surface area contributed by atoms with Crippen LogP contribution in [0.1, 0.15) is 20.3 Å². The van der Waals surface area contributed by atoms with Gasteiger partial charge in [0.15, 0.2) is 0 Å². The number of carbonyl (C=O) groups is 2. The average Bonchev–Trinajstić information content (AvgIpc) is 3.01. The van der Waals surface area contributed by atoms with E-state index in [9.17, 15) is 9.59 Å². The maximum Gasteiger partial charge on any atom is 0.241 e. The highest BCUT2D eigenvalue weighted by Crippen LogP contribution is 2.18. The van der Waals surface area contributed by atoms with Gasteiger partial charge in [-0.1, -0.05) is 13.8 Å². The van der Waals surface area contributed by atoms with Crippen molar-refractivity contribution in [3.8, 4) is 0 Å². The van der Waals surface area contributed by atoms with Crippen LogP contribution in [0.25, 0.3) is 0 Å². The molecule has 0 aromatic heterocycles. The third-order valence-corrected chi connectivity index (χ3v) is 4.69. The number of nitrogens with one attached hydrogen (secondary N) is 1. The van der Waals surface area contributed by atoms with E-state index in [1.807, 2.05) is 18.7 Å². The van der Waals surface area contributed by atoms with Crippen molar-refractivity contribution < 1.29 is 14.3 Å². The molecule has 2 aliphatic heterocycles. The second-order valence-corrected chi connectivity index (χ2v) is 6.90. The van der Waals surface area contributed by atoms with Gasteiger partial charge in [-0.15, -0.1) is 0 Å². The topological polar surface area (TPSA) is 87.9 Å². The Balaban J connectivity index is 1.69. The number of hydrogen-bond acceptors (Lipinski definition) is 5. The SMILES string of the molecule is CC(C)[C@H](N)C(=O)NCC(=O)N1CCC(CN2CCOCC2)C1. The minimum absolute atomic E-state index is 0.0150. The van der Waals surface area contributed by atoms with Gasteiger partial charge in [0.25, 0.3) is 0 Å². The quantitative estimate of drug-likeness (QED) is 0.672. The molecule has 2 rings (SSSR count). The molecule has 0 bridgehead atoms. The summed E-state index contributed by atoms with van der Waals surface area (Å²) in [4.78, 5) is 28.3. The Kier molecular flexibility index (Phi) is 6.80. The van der Waals surface area contributed by atoms with Crippen LogP contribution in [0.4, 0.5) is 0 Å². The largest absolute Gasteiger partial charge is 0.379 e. The van der Waals surface area contributed by atoms with Gasteiger partial charge in [-0.2, -0.15) is 0 Å². The minimum atomic E-state index is -0.560. The molecule has 7 nitrogen and oxygen atoms in total. The summed E-state index contributed by atoms with van der Waals surface area (Å²) in [6, 6.07) is -0.560. The number of ether oxygens (including phenoxy) is 1. The van der Waals surface area contributed by atoms with E-state index in [2.05, 4.69) is 10.2 Å². The molecule has 0 saturated carbocycles. The normalized spacial score (nSPS) is 24.0. The Morgan fingerprint density at radius 1 is 1.26 bits per heavy atom. The van der Waals surface area contributed by atoms with E-state index in [1.165, 1.54) is 0 Å². The number of rotatable bonds is 6. The van der Waals surface area contributed by atoms with Crippen molar-refractivity contribution in [3.63, 3.8) is 0 Å². The molecule has 2 aliphatic rings. The molecule has 0 aromatic rings. The summed E-state index contributed by atoms with van der Waals surface area (Å²) in [7, 11) is 0. The lowest BCUT2D eigenvalue weighted by Gasteiger charge is -2.29. The van der Waals surface area contributed by atoms with Crippen molar-refractivity contribution >= 4 is 11.8 Å². The third-order valence-electron chi connectivity index (χ3n) is 4.69. The lowest BCUT2D eigenvalue weighted by Crippen LogP contribution is -2.47. The lowest BCUT2D eigenvalue weighted by molar-refractivity contribution is -0.132. The fraction of sp³-hybridized carbons (Fsp3) is 0.875. The summed E-state index contributed by atoms with van der Waals surface area (Å²) in [5.74, 6) is 0.316. The van der Waals surface area contributed by atoms with Gasteiger partial charge in [-0.25, -0.2) is 0 Å². The Hall–Kier alpha value is -1.18. The summed E-state index contributed by atoms with van der Waals surface area (Å²) >= 11 is 0. The zero-order chi connectivity index (χ0) is 16.8. The maximum absolute atomic E-state index is 12.2. The smallest absolute Gasteiger partial charge is 0.241 e. The molecule has 2 fully saturated rings. The number of nitrogens with two attached hydrogens (primary N) is 1. The molecule has 0 aliphatic carbocycles. The third kappa shape index (κ3) is 5.44. The van der Waals surface area contributed by atoms with Gasteiger partial charge in [0.05, 0.1) is 25.8 Å². The second-order valence-electron chi connectivity index (χ2n) is 6.90. The molecule has 2 heterocycles. The first-order valence-electron chi connectivity index (χ1n) is 8.58. The van der Waals surface area contributed by atoms with E-state index in [0.717, 1.165) is 52.4 Å². The van der Waals surface area contributed by atoms with Crippen molar-refractivity contribution in [2.45, 2.75) is 26.3 Å². The summed E-state index contributed by atoms with van der Waals surface area (Å²) in [5, 5.41) is 2.65. The number of nitrogens with zero attached hydrogens (tertiary/aromatic N) is 2. The summed E-state index contributed by atoms with van der Waals surface area (Å²) in [5.41, 5.74) is 5.77. The number of amides is 2. The van der Waals surface area contributed by atoms with E-state index in [1.54, 1.807) is 0 Å². The zero-order valence-corrected chi connectivity index (χ0v) is 14.3. The molecule has 2 atom stereocenters. The van der Waals surface area contributed by atoms with Crippen LogP contribution in [0.3, 0.4) is 0 Å². The van der Waals surface area contributed by atoms with Crippen LogP contribution in [0.2, 0.25) is 0 Å².